The Kier molecular flexibility index (Phi) is 6.10. The first-order valence-electron chi connectivity index (χ1n) is 10.3. The minimum Gasteiger partial charge on any atom is -0.392 e. The molecular weight excluding hydrogens is 386 g/mol. The Balaban J connectivity index is 1.34. The van der Waals surface area contributed by atoms with Crippen LogP contribution in [0.2, 0.25) is 0 Å². The highest BCUT2D eigenvalue weighted by Gasteiger charge is 2.41. The largest absolute Gasteiger partial charge is 0.392 e. The lowest BCUT2D eigenvalue weighted by Crippen LogP contribution is -2.52. The molecule has 160 valence electrons. The molecule has 9 nitrogen and oxygen atoms in total. The van der Waals surface area contributed by atoms with E-state index in [1.54, 1.807) is 24.2 Å². The molecule has 4 heterocycles. The molecule has 9 heteroatoms. The summed E-state index contributed by atoms with van der Waals surface area (Å²) < 4.78 is 4.88. The number of aliphatic hydroxyl groups is 1. The number of nitrogens with one attached hydrogen (secondary N) is 1. The van der Waals surface area contributed by atoms with Crippen LogP contribution in [0.25, 0.3) is 0 Å². The van der Waals surface area contributed by atoms with Gasteiger partial charge in [0.25, 0.3) is 5.91 Å². The Labute approximate surface area is 175 Å². The highest BCUT2D eigenvalue weighted by molar-refractivity contribution is 5.94. The second-order valence-electron chi connectivity index (χ2n) is 8.02. The van der Waals surface area contributed by atoms with Crippen LogP contribution < -0.4 is 5.32 Å². The van der Waals surface area contributed by atoms with Crippen molar-refractivity contribution in [2.24, 2.45) is 0 Å². The summed E-state index contributed by atoms with van der Waals surface area (Å²) in [5.41, 5.74) is 2.03. The number of β-amino-alcohol motifs (C(OH)–C–C–N with tert-alkyl or cyclic N) is 1. The Bertz CT molecular complexity index is 879. The van der Waals surface area contributed by atoms with E-state index in [4.69, 9.17) is 4.52 Å². The first-order chi connectivity index (χ1) is 14.5. The molecule has 0 aromatic carbocycles. The second-order valence-corrected chi connectivity index (χ2v) is 8.02. The second kappa shape index (κ2) is 8.93. The fraction of sp³-hybridized carbons (Fsp3) is 0.524. The Morgan fingerprint density at radius 1 is 1.33 bits per heavy atom. The van der Waals surface area contributed by atoms with Crippen LogP contribution in [0.1, 0.15) is 40.9 Å². The van der Waals surface area contributed by atoms with E-state index < -0.39 is 6.10 Å². The van der Waals surface area contributed by atoms with Gasteiger partial charge in [-0.3, -0.25) is 19.5 Å². The minimum absolute atomic E-state index is 0.0700. The molecule has 2 saturated heterocycles. The van der Waals surface area contributed by atoms with E-state index in [0.29, 0.717) is 43.9 Å². The van der Waals surface area contributed by atoms with Gasteiger partial charge in [0.1, 0.15) is 11.8 Å². The molecule has 2 fully saturated rings. The third-order valence-electron chi connectivity index (χ3n) is 6.01. The Hall–Kier alpha value is -2.78. The summed E-state index contributed by atoms with van der Waals surface area (Å²) in [5, 5.41) is 17.0. The fourth-order valence-corrected chi connectivity index (χ4v) is 4.38. The van der Waals surface area contributed by atoms with E-state index in [1.807, 2.05) is 12.1 Å². The Morgan fingerprint density at radius 3 is 2.80 bits per heavy atom. The normalized spacial score (nSPS) is 22.9. The maximum absolute atomic E-state index is 12.8. The average Bonchev–Trinajstić information content (AvgIpc) is 3.38. The van der Waals surface area contributed by atoms with Crippen LogP contribution >= 0.6 is 0 Å². The number of carbonyl (C=O) groups is 2. The molecule has 2 aromatic heterocycles. The summed E-state index contributed by atoms with van der Waals surface area (Å²) in [6.07, 6.45) is 6.25. The maximum Gasteiger partial charge on any atom is 0.259 e. The van der Waals surface area contributed by atoms with E-state index in [9.17, 15) is 14.7 Å². The number of hydrogen-bond donors (Lipinski definition) is 2. The van der Waals surface area contributed by atoms with Crippen LogP contribution in [-0.2, 0) is 11.3 Å². The van der Waals surface area contributed by atoms with Gasteiger partial charge in [0.2, 0.25) is 5.91 Å². The maximum atomic E-state index is 12.8. The quantitative estimate of drug-likeness (QED) is 0.743. The van der Waals surface area contributed by atoms with Crippen molar-refractivity contribution in [3.63, 3.8) is 0 Å². The van der Waals surface area contributed by atoms with Gasteiger partial charge in [-0.1, -0.05) is 11.2 Å². The van der Waals surface area contributed by atoms with Crippen LogP contribution in [0.15, 0.2) is 35.3 Å². The molecule has 2 amide bonds. The molecule has 2 N–H and O–H groups in total. The lowest BCUT2D eigenvalue weighted by atomic mass is 10.0. The van der Waals surface area contributed by atoms with Gasteiger partial charge in [0.05, 0.1) is 17.8 Å². The van der Waals surface area contributed by atoms with Gasteiger partial charge < -0.3 is 19.8 Å². The molecule has 30 heavy (non-hydrogen) atoms. The number of amides is 2. The van der Waals surface area contributed by atoms with Crippen molar-refractivity contribution < 1.29 is 19.2 Å². The van der Waals surface area contributed by atoms with Gasteiger partial charge in [-0.05, 0) is 37.8 Å². The summed E-state index contributed by atoms with van der Waals surface area (Å²) in [6, 6.07) is 3.55. The van der Waals surface area contributed by atoms with Crippen LogP contribution in [0.4, 0.5) is 0 Å². The minimum atomic E-state index is -0.515. The van der Waals surface area contributed by atoms with E-state index >= 15 is 0 Å². The van der Waals surface area contributed by atoms with Crippen molar-refractivity contribution in [3.8, 4) is 0 Å². The molecule has 2 aliphatic rings. The van der Waals surface area contributed by atoms with E-state index in [1.165, 1.54) is 6.26 Å². The highest BCUT2D eigenvalue weighted by atomic mass is 16.5. The number of carbonyl (C=O) groups excluding carboxylic acids is 2. The number of piperidine rings is 1. The number of pyridine rings is 1. The topological polar surface area (TPSA) is 112 Å². The van der Waals surface area contributed by atoms with E-state index in [-0.39, 0.29) is 23.9 Å². The zero-order valence-corrected chi connectivity index (χ0v) is 17.0. The zero-order chi connectivity index (χ0) is 21.1. The van der Waals surface area contributed by atoms with Crippen LogP contribution in [0.5, 0.6) is 0 Å². The molecule has 0 saturated carbocycles. The van der Waals surface area contributed by atoms with Crippen molar-refractivity contribution in [2.75, 3.05) is 19.6 Å². The summed E-state index contributed by atoms with van der Waals surface area (Å²) in [7, 11) is 0. The summed E-state index contributed by atoms with van der Waals surface area (Å²) in [4.78, 5) is 33.4. The number of nitrogens with zero attached hydrogens (tertiary/aromatic N) is 4. The van der Waals surface area contributed by atoms with Crippen LogP contribution in [0.3, 0.4) is 0 Å². The van der Waals surface area contributed by atoms with Gasteiger partial charge in [-0.25, -0.2) is 0 Å². The highest BCUT2D eigenvalue weighted by Crippen LogP contribution is 2.27. The summed E-state index contributed by atoms with van der Waals surface area (Å²) in [6.45, 7) is 3.85. The van der Waals surface area contributed by atoms with E-state index in [0.717, 1.165) is 18.4 Å². The number of aryl methyl sites for hydroxylation is 1. The van der Waals surface area contributed by atoms with Crippen molar-refractivity contribution in [1.29, 1.82) is 0 Å². The molecule has 4 rings (SSSR count). The molecule has 0 spiro atoms. The van der Waals surface area contributed by atoms with Gasteiger partial charge in [0.15, 0.2) is 0 Å². The molecule has 2 aliphatic heterocycles. The van der Waals surface area contributed by atoms with Crippen molar-refractivity contribution >= 4 is 11.8 Å². The third kappa shape index (κ3) is 4.36. The first-order valence-corrected chi connectivity index (χ1v) is 10.3. The summed E-state index contributed by atoms with van der Waals surface area (Å²) in [5.74, 6) is -0.145. The van der Waals surface area contributed by atoms with E-state index in [2.05, 4.69) is 20.4 Å². The number of likely N-dealkylation sites (tertiary alicyclic amines) is 2. The molecule has 2 aromatic rings. The molecule has 0 unspecified atom stereocenters. The predicted molar refractivity (Wildman–Crippen MR) is 107 cm³/mol. The van der Waals surface area contributed by atoms with Gasteiger partial charge >= 0.3 is 0 Å². The molecule has 0 radical (unpaired) electrons. The lowest BCUT2D eigenvalue weighted by molar-refractivity contribution is -0.126. The molecule has 0 bridgehead atoms. The number of aliphatic hydroxyl groups excluding tert-OH is 1. The number of aromatic nitrogens is 2. The molecule has 2 atom stereocenters. The monoisotopic (exact) mass is 413 g/mol. The zero-order valence-electron chi connectivity index (χ0n) is 17.0. The Morgan fingerprint density at radius 2 is 2.13 bits per heavy atom. The molecular formula is C21H27N5O4. The van der Waals surface area contributed by atoms with Crippen LogP contribution in [-0.4, -0.2) is 74.7 Å². The third-order valence-corrected chi connectivity index (χ3v) is 6.01. The van der Waals surface area contributed by atoms with Gasteiger partial charge in [0, 0.05) is 44.6 Å². The molecule has 0 aliphatic carbocycles. The van der Waals surface area contributed by atoms with Gasteiger partial charge in [-0.15, -0.1) is 0 Å². The van der Waals surface area contributed by atoms with Gasteiger partial charge in [-0.2, -0.15) is 0 Å². The first kappa shape index (κ1) is 20.5. The van der Waals surface area contributed by atoms with Crippen molar-refractivity contribution in [3.05, 3.63) is 47.6 Å². The fourth-order valence-electron chi connectivity index (χ4n) is 4.38. The lowest BCUT2D eigenvalue weighted by Gasteiger charge is -2.38. The number of rotatable bonds is 5. The number of hydrogen-bond acceptors (Lipinski definition) is 7. The van der Waals surface area contributed by atoms with Crippen molar-refractivity contribution in [1.82, 2.24) is 25.3 Å². The predicted octanol–water partition coefficient (Wildman–Crippen LogP) is 0.734. The van der Waals surface area contributed by atoms with Crippen molar-refractivity contribution in [2.45, 2.75) is 50.9 Å². The SMILES string of the molecule is Cc1nocc1C(=O)N1CCC(N2C[C@H](O)C[C@H]2C(=O)NCc2cccnc2)CC1. The average molecular weight is 413 g/mol. The standard InChI is InChI=1S/C21H27N5O4/c1-14-18(13-30-24-14)21(29)25-7-4-16(5-8-25)26-12-17(27)9-19(26)20(28)23-11-15-3-2-6-22-10-15/h2-3,6,10,13,16-17,19,27H,4-5,7-9,11-12H2,1H3,(H,23,28)/t17-,19+/m1/s1. The summed E-state index contributed by atoms with van der Waals surface area (Å²) >= 11 is 0. The van der Waals surface area contributed by atoms with Crippen LogP contribution in [0, 0.1) is 6.92 Å². The smallest absolute Gasteiger partial charge is 0.259 e.